The molecule has 202 valence electrons. The Morgan fingerprint density at radius 2 is 2.05 bits per heavy atom. The van der Waals surface area contributed by atoms with E-state index < -0.39 is 27.9 Å². The number of nitrogens with zero attached hydrogens (tertiary/aromatic N) is 2. The van der Waals surface area contributed by atoms with Crippen molar-refractivity contribution in [3.05, 3.63) is 74.8 Å². The number of thiophene rings is 1. The van der Waals surface area contributed by atoms with Crippen LogP contribution in [-0.2, 0) is 20.1 Å². The first kappa shape index (κ1) is 27.1. The molecule has 2 aliphatic carbocycles. The molecule has 1 aromatic carbocycles. The zero-order chi connectivity index (χ0) is 27.1. The van der Waals surface area contributed by atoms with Gasteiger partial charge >= 0.3 is 10.3 Å². The van der Waals surface area contributed by atoms with Crippen LogP contribution < -0.4 is 10.5 Å². The second-order valence-electron chi connectivity index (χ2n) is 9.78. The molecule has 2 heterocycles. The second kappa shape index (κ2) is 10.6. The van der Waals surface area contributed by atoms with Crippen molar-refractivity contribution in [1.29, 1.82) is 0 Å². The summed E-state index contributed by atoms with van der Waals surface area (Å²) in [5, 5.41) is 32.5. The van der Waals surface area contributed by atoms with Gasteiger partial charge in [0.05, 0.1) is 23.2 Å². The molecule has 13 heteroatoms. The van der Waals surface area contributed by atoms with E-state index in [1.165, 1.54) is 23.9 Å². The van der Waals surface area contributed by atoms with E-state index in [1.807, 2.05) is 6.07 Å². The number of carbonyl (C=O) groups excluding carboxylic acids is 1. The van der Waals surface area contributed by atoms with Gasteiger partial charge in [-0.1, -0.05) is 23.7 Å². The van der Waals surface area contributed by atoms with Crippen LogP contribution in [0.2, 0.25) is 5.02 Å². The van der Waals surface area contributed by atoms with E-state index in [-0.39, 0.29) is 29.9 Å². The number of hydrogen-bond acceptors (Lipinski definition) is 10. The Morgan fingerprint density at radius 3 is 2.76 bits per heavy atom. The first-order valence-electron chi connectivity index (χ1n) is 12.1. The third-order valence-electron chi connectivity index (χ3n) is 7.10. The van der Waals surface area contributed by atoms with Crippen LogP contribution in [0.5, 0.6) is 0 Å². The summed E-state index contributed by atoms with van der Waals surface area (Å²) in [5.74, 6) is -0.409. The number of ketones is 1. The van der Waals surface area contributed by atoms with E-state index in [1.54, 1.807) is 29.6 Å². The van der Waals surface area contributed by atoms with Crippen molar-refractivity contribution in [3.8, 4) is 0 Å². The molecule has 38 heavy (non-hydrogen) atoms. The molecule has 0 saturated heterocycles. The Balaban J connectivity index is 1.35. The zero-order valence-electron chi connectivity index (χ0n) is 20.2. The topological polar surface area (TPSA) is 165 Å². The standard InChI is InChI=1S/C25H27ClN4O6S2/c26-18-3-1-2-16(7-18)25(33,15-4-5-15)17-8-22(37-12-17)23(32)20-10-28-13-29-24(20)30-19-6-14(21(31)9-19)11-36-38(27,34)35/h1-3,7-8,10,12-15,19,21,31,33H,4-6,9,11H2,(H2,27,34,35)(H,28,29,30)/t14-,19-,21+,25-/m1/s1. The summed E-state index contributed by atoms with van der Waals surface area (Å²) in [5.41, 5.74) is 0.328. The molecule has 0 unspecified atom stereocenters. The highest BCUT2D eigenvalue weighted by atomic mass is 35.5. The largest absolute Gasteiger partial charge is 0.393 e. The lowest BCUT2D eigenvalue weighted by atomic mass is 9.83. The van der Waals surface area contributed by atoms with Crippen molar-refractivity contribution >= 4 is 44.8 Å². The average Bonchev–Trinajstić information content (AvgIpc) is 3.51. The predicted octanol–water partition coefficient (Wildman–Crippen LogP) is 2.84. The van der Waals surface area contributed by atoms with Crippen LogP contribution in [0.3, 0.4) is 0 Å². The van der Waals surface area contributed by atoms with Crippen molar-refractivity contribution in [2.45, 2.75) is 43.4 Å². The number of halogens is 1. The number of hydrogen-bond donors (Lipinski definition) is 4. The maximum absolute atomic E-state index is 13.5. The summed E-state index contributed by atoms with van der Waals surface area (Å²) in [6.07, 6.45) is 4.39. The molecule has 0 spiro atoms. The molecule has 0 bridgehead atoms. The van der Waals surface area contributed by atoms with Crippen molar-refractivity contribution < 1.29 is 27.6 Å². The first-order chi connectivity index (χ1) is 18.0. The van der Waals surface area contributed by atoms with E-state index in [0.29, 0.717) is 39.7 Å². The molecule has 0 amide bonds. The highest BCUT2D eigenvalue weighted by molar-refractivity contribution is 7.84. The average molecular weight is 579 g/mol. The Bertz CT molecular complexity index is 1450. The van der Waals surface area contributed by atoms with E-state index in [2.05, 4.69) is 19.5 Å². The minimum atomic E-state index is -4.11. The predicted molar refractivity (Wildman–Crippen MR) is 142 cm³/mol. The molecule has 3 aromatic rings. The van der Waals surface area contributed by atoms with Gasteiger partial charge in [-0.15, -0.1) is 11.3 Å². The fraction of sp³-hybridized carbons (Fsp3) is 0.400. The summed E-state index contributed by atoms with van der Waals surface area (Å²) in [6.45, 7) is -0.234. The van der Waals surface area contributed by atoms with E-state index >= 15 is 0 Å². The van der Waals surface area contributed by atoms with Crippen molar-refractivity contribution in [2.24, 2.45) is 17.0 Å². The summed E-state index contributed by atoms with van der Waals surface area (Å²) in [4.78, 5) is 22.2. The quantitative estimate of drug-likeness (QED) is 0.265. The van der Waals surface area contributed by atoms with Gasteiger partial charge in [0, 0.05) is 23.2 Å². The van der Waals surface area contributed by atoms with E-state index in [0.717, 1.165) is 12.8 Å². The third-order valence-corrected chi connectivity index (χ3v) is 8.73. The number of aliphatic hydroxyl groups excluding tert-OH is 1. The van der Waals surface area contributed by atoms with Gasteiger partial charge in [-0.25, -0.2) is 15.1 Å². The summed E-state index contributed by atoms with van der Waals surface area (Å²) < 4.78 is 26.9. The molecular weight excluding hydrogens is 552 g/mol. The van der Waals surface area contributed by atoms with Crippen LogP contribution in [0.25, 0.3) is 0 Å². The van der Waals surface area contributed by atoms with Gasteiger partial charge in [-0.2, -0.15) is 8.42 Å². The van der Waals surface area contributed by atoms with E-state index in [4.69, 9.17) is 16.7 Å². The Labute approximate surface area is 229 Å². The molecule has 0 radical (unpaired) electrons. The normalized spacial score (nSPS) is 23.2. The fourth-order valence-electron chi connectivity index (χ4n) is 5.04. The number of benzene rings is 1. The van der Waals surface area contributed by atoms with Crippen LogP contribution in [0.15, 0.2) is 48.2 Å². The van der Waals surface area contributed by atoms with Gasteiger partial charge in [0.1, 0.15) is 17.7 Å². The van der Waals surface area contributed by atoms with Crippen LogP contribution in [-0.4, -0.2) is 53.1 Å². The maximum atomic E-state index is 13.5. The molecule has 2 aliphatic rings. The third kappa shape index (κ3) is 5.76. The number of nitrogens with one attached hydrogen (secondary N) is 1. The fourth-order valence-corrected chi connectivity index (χ4v) is 6.51. The first-order valence-corrected chi connectivity index (χ1v) is 14.8. The smallest absolute Gasteiger partial charge is 0.333 e. The van der Waals surface area contributed by atoms with Crippen LogP contribution in [0.4, 0.5) is 5.82 Å². The molecule has 2 fully saturated rings. The summed E-state index contributed by atoms with van der Waals surface area (Å²) >= 11 is 7.44. The number of carbonyl (C=O) groups is 1. The number of nitrogens with two attached hydrogens (primary N) is 1. The van der Waals surface area contributed by atoms with Crippen molar-refractivity contribution in [2.75, 3.05) is 11.9 Å². The van der Waals surface area contributed by atoms with Crippen molar-refractivity contribution in [3.63, 3.8) is 0 Å². The Hall–Kier alpha value is -2.45. The highest BCUT2D eigenvalue weighted by Gasteiger charge is 2.47. The lowest BCUT2D eigenvalue weighted by Crippen LogP contribution is -2.29. The van der Waals surface area contributed by atoms with Crippen LogP contribution in [0, 0.1) is 11.8 Å². The molecule has 2 saturated carbocycles. The van der Waals surface area contributed by atoms with E-state index in [9.17, 15) is 23.4 Å². The SMILES string of the molecule is NS(=O)(=O)OC[C@H]1C[C@@H](Nc2ncncc2C(=O)c2cc([C@](O)(c3cccc(Cl)c3)C3CC3)cs2)C[C@@H]1O. The molecule has 5 rings (SSSR count). The van der Waals surface area contributed by atoms with Gasteiger partial charge in [-0.05, 0) is 66.3 Å². The van der Waals surface area contributed by atoms with Gasteiger partial charge < -0.3 is 15.5 Å². The number of aliphatic hydroxyl groups is 2. The molecular formula is C25H27ClN4O6S2. The lowest BCUT2D eigenvalue weighted by molar-refractivity contribution is 0.0568. The number of anilines is 1. The Morgan fingerprint density at radius 1 is 1.26 bits per heavy atom. The van der Waals surface area contributed by atoms with Gasteiger partial charge in [0.15, 0.2) is 0 Å². The summed E-state index contributed by atoms with van der Waals surface area (Å²) in [7, 11) is -4.11. The Kier molecular flexibility index (Phi) is 7.57. The molecule has 0 aliphatic heterocycles. The number of aromatic nitrogens is 2. The van der Waals surface area contributed by atoms with Crippen LogP contribution in [0.1, 0.15) is 52.0 Å². The zero-order valence-corrected chi connectivity index (χ0v) is 22.5. The maximum Gasteiger partial charge on any atom is 0.333 e. The minimum absolute atomic E-state index is 0.0378. The van der Waals surface area contributed by atoms with Gasteiger partial charge in [0.25, 0.3) is 0 Å². The number of rotatable bonds is 10. The minimum Gasteiger partial charge on any atom is -0.393 e. The molecule has 2 aromatic heterocycles. The van der Waals surface area contributed by atoms with Gasteiger partial charge in [0.2, 0.25) is 5.78 Å². The second-order valence-corrected chi connectivity index (χ2v) is 12.4. The van der Waals surface area contributed by atoms with Gasteiger partial charge in [-0.3, -0.25) is 8.98 Å². The van der Waals surface area contributed by atoms with Crippen molar-refractivity contribution in [1.82, 2.24) is 9.97 Å². The molecule has 4 atom stereocenters. The molecule has 5 N–H and O–H groups in total. The molecule has 10 nitrogen and oxygen atoms in total. The monoisotopic (exact) mass is 578 g/mol. The van der Waals surface area contributed by atoms with Crippen LogP contribution >= 0.6 is 22.9 Å². The highest BCUT2D eigenvalue weighted by Crippen LogP contribution is 2.51. The summed E-state index contributed by atoms with van der Waals surface area (Å²) in [6, 6.07) is 8.58. The lowest BCUT2D eigenvalue weighted by Gasteiger charge is -2.28.